The van der Waals surface area contributed by atoms with Crippen LogP contribution in [0.3, 0.4) is 0 Å². The third kappa shape index (κ3) is 5.87. The van der Waals surface area contributed by atoms with E-state index < -0.39 is 41.4 Å². The van der Waals surface area contributed by atoms with Gasteiger partial charge in [-0.2, -0.15) is 0 Å². The van der Waals surface area contributed by atoms with Crippen molar-refractivity contribution in [3.8, 4) is 0 Å². The summed E-state index contributed by atoms with van der Waals surface area (Å²) in [5.74, 6) is -1.93. The minimum atomic E-state index is -0.822. The second kappa shape index (κ2) is 9.24. The van der Waals surface area contributed by atoms with Gasteiger partial charge < -0.3 is 10.1 Å². The molecule has 0 unspecified atom stereocenters. The Morgan fingerprint density at radius 3 is 2.37 bits per heavy atom. The molecule has 0 spiro atoms. The molecule has 0 radical (unpaired) electrons. The molecule has 8 nitrogen and oxygen atoms in total. The molecule has 27 heavy (non-hydrogen) atoms. The molecule has 0 heterocycles. The van der Waals surface area contributed by atoms with Crippen LogP contribution in [0.15, 0.2) is 46.9 Å². The van der Waals surface area contributed by atoms with Crippen molar-refractivity contribution in [2.45, 2.75) is 0 Å². The lowest BCUT2D eigenvalue weighted by atomic mass is 10.1. The number of carbonyl (C=O) groups excluding carboxylic acids is 3. The van der Waals surface area contributed by atoms with Crippen LogP contribution >= 0.6 is 27.5 Å². The zero-order chi connectivity index (χ0) is 20.0. The van der Waals surface area contributed by atoms with E-state index in [0.29, 0.717) is 5.56 Å². The number of nitrogens with zero attached hydrogens (tertiary/aromatic N) is 1. The maximum atomic E-state index is 12.0. The predicted octanol–water partition coefficient (Wildman–Crippen LogP) is 3.17. The SMILES string of the molecule is O=C(CNC(=O)c1ccc(Cl)c([N+](=O)[O-])c1)OCC(=O)c1ccc(Br)cc1. The Morgan fingerprint density at radius 1 is 1.11 bits per heavy atom. The smallest absolute Gasteiger partial charge is 0.325 e. The first-order valence-electron chi connectivity index (χ1n) is 7.44. The zero-order valence-corrected chi connectivity index (χ0v) is 16.0. The van der Waals surface area contributed by atoms with Crippen LogP contribution in [-0.4, -0.2) is 35.7 Å². The number of ketones is 1. The zero-order valence-electron chi connectivity index (χ0n) is 13.6. The van der Waals surface area contributed by atoms with Crippen LogP contribution in [-0.2, 0) is 9.53 Å². The first kappa shape index (κ1) is 20.5. The molecule has 2 aromatic carbocycles. The van der Waals surface area contributed by atoms with Gasteiger partial charge in [0, 0.05) is 21.7 Å². The van der Waals surface area contributed by atoms with Crippen molar-refractivity contribution < 1.29 is 24.0 Å². The fourth-order valence-corrected chi connectivity index (χ4v) is 2.42. The predicted molar refractivity (Wildman–Crippen MR) is 99.9 cm³/mol. The summed E-state index contributed by atoms with van der Waals surface area (Å²) in [6.07, 6.45) is 0. The van der Waals surface area contributed by atoms with Crippen molar-refractivity contribution in [2.24, 2.45) is 0 Å². The third-order valence-corrected chi connectivity index (χ3v) is 4.18. The van der Waals surface area contributed by atoms with Gasteiger partial charge in [0.05, 0.1) is 4.92 Å². The highest BCUT2D eigenvalue weighted by Crippen LogP contribution is 2.24. The third-order valence-electron chi connectivity index (χ3n) is 3.33. The van der Waals surface area contributed by atoms with Crippen molar-refractivity contribution in [3.05, 3.63) is 73.2 Å². The first-order valence-corrected chi connectivity index (χ1v) is 8.61. The van der Waals surface area contributed by atoms with Gasteiger partial charge in [0.2, 0.25) is 0 Å². The molecule has 0 aliphatic carbocycles. The number of nitro benzene ring substituents is 1. The van der Waals surface area contributed by atoms with Crippen molar-refractivity contribution in [1.82, 2.24) is 5.32 Å². The standard InChI is InChI=1S/C17H12BrClN2O6/c18-12-4-1-10(2-5-12)15(22)9-27-16(23)8-20-17(24)11-3-6-13(19)14(7-11)21(25)26/h1-7H,8-9H2,(H,20,24). The summed E-state index contributed by atoms with van der Waals surface area (Å²) in [4.78, 5) is 45.6. The van der Waals surface area contributed by atoms with E-state index in [4.69, 9.17) is 16.3 Å². The molecule has 1 amide bonds. The van der Waals surface area contributed by atoms with Crippen LogP contribution in [0.4, 0.5) is 5.69 Å². The van der Waals surface area contributed by atoms with Gasteiger partial charge >= 0.3 is 5.97 Å². The number of hydrogen-bond acceptors (Lipinski definition) is 6. The van der Waals surface area contributed by atoms with Crippen molar-refractivity contribution in [2.75, 3.05) is 13.2 Å². The number of amides is 1. The maximum Gasteiger partial charge on any atom is 0.325 e. The summed E-state index contributed by atoms with van der Waals surface area (Å²) in [6.45, 7) is -0.967. The van der Waals surface area contributed by atoms with Crippen LogP contribution < -0.4 is 5.32 Å². The number of ether oxygens (including phenoxy) is 1. The molecular weight excluding hydrogens is 444 g/mol. The highest BCUT2D eigenvalue weighted by molar-refractivity contribution is 9.10. The molecule has 140 valence electrons. The maximum absolute atomic E-state index is 12.0. The second-order valence-corrected chi connectivity index (χ2v) is 6.52. The van der Waals surface area contributed by atoms with Crippen LogP contribution in [0.1, 0.15) is 20.7 Å². The van der Waals surface area contributed by atoms with Gasteiger partial charge in [-0.25, -0.2) is 0 Å². The minimum Gasteiger partial charge on any atom is -0.456 e. The van der Waals surface area contributed by atoms with E-state index in [1.54, 1.807) is 24.3 Å². The molecule has 2 aromatic rings. The van der Waals surface area contributed by atoms with Gasteiger partial charge in [0.1, 0.15) is 11.6 Å². The lowest BCUT2D eigenvalue weighted by Gasteiger charge is -2.07. The Labute approximate surface area is 166 Å². The summed E-state index contributed by atoms with van der Waals surface area (Å²) >= 11 is 8.92. The van der Waals surface area contributed by atoms with Crippen molar-refractivity contribution in [1.29, 1.82) is 0 Å². The highest BCUT2D eigenvalue weighted by atomic mass is 79.9. The van der Waals surface area contributed by atoms with Crippen LogP contribution in [0.25, 0.3) is 0 Å². The van der Waals surface area contributed by atoms with E-state index in [1.165, 1.54) is 12.1 Å². The van der Waals surface area contributed by atoms with Crippen LogP contribution in [0.5, 0.6) is 0 Å². The molecular formula is C17H12BrClN2O6. The summed E-state index contributed by atoms with van der Waals surface area (Å²) < 4.78 is 5.62. The molecule has 0 saturated carbocycles. The van der Waals surface area contributed by atoms with Crippen LogP contribution in [0.2, 0.25) is 5.02 Å². The molecule has 0 saturated heterocycles. The van der Waals surface area contributed by atoms with E-state index in [9.17, 15) is 24.5 Å². The Bertz CT molecular complexity index is 901. The fraction of sp³-hybridized carbons (Fsp3) is 0.118. The van der Waals surface area contributed by atoms with E-state index in [2.05, 4.69) is 21.2 Å². The largest absolute Gasteiger partial charge is 0.456 e. The molecule has 2 rings (SSSR count). The fourth-order valence-electron chi connectivity index (χ4n) is 1.96. The minimum absolute atomic E-state index is 0.0372. The number of nitrogens with one attached hydrogen (secondary N) is 1. The van der Waals surface area contributed by atoms with E-state index in [-0.39, 0.29) is 10.6 Å². The normalized spacial score (nSPS) is 10.1. The number of esters is 1. The van der Waals surface area contributed by atoms with Gasteiger partial charge in [-0.1, -0.05) is 39.7 Å². The van der Waals surface area contributed by atoms with Crippen LogP contribution in [0, 0.1) is 10.1 Å². The number of benzene rings is 2. The van der Waals surface area contributed by atoms with Crippen molar-refractivity contribution in [3.63, 3.8) is 0 Å². The topological polar surface area (TPSA) is 116 Å². The average Bonchev–Trinajstić information content (AvgIpc) is 2.64. The quantitative estimate of drug-likeness (QED) is 0.297. The monoisotopic (exact) mass is 454 g/mol. The van der Waals surface area contributed by atoms with Gasteiger partial charge in [0.25, 0.3) is 11.6 Å². The molecule has 0 aromatic heterocycles. The molecule has 0 atom stereocenters. The molecule has 10 heteroatoms. The summed E-state index contributed by atoms with van der Waals surface area (Å²) in [6, 6.07) is 10.0. The number of carbonyl (C=O) groups is 3. The lowest BCUT2D eigenvalue weighted by molar-refractivity contribution is -0.384. The summed E-state index contributed by atoms with van der Waals surface area (Å²) in [5.41, 5.74) is -0.0830. The first-order chi connectivity index (χ1) is 12.8. The van der Waals surface area contributed by atoms with Gasteiger partial charge in [-0.3, -0.25) is 24.5 Å². The highest BCUT2D eigenvalue weighted by Gasteiger charge is 2.17. The molecule has 0 bridgehead atoms. The number of Topliss-reactive ketones (excluding diaryl/α,β-unsaturated/α-hetero) is 1. The number of hydrogen-bond donors (Lipinski definition) is 1. The molecule has 0 aliphatic rings. The molecule has 0 aliphatic heterocycles. The number of rotatable bonds is 7. The molecule has 1 N–H and O–H groups in total. The van der Waals surface area contributed by atoms with E-state index >= 15 is 0 Å². The average molecular weight is 456 g/mol. The number of nitro groups is 1. The summed E-state index contributed by atoms with van der Waals surface area (Å²) in [7, 11) is 0. The Morgan fingerprint density at radius 2 is 1.74 bits per heavy atom. The van der Waals surface area contributed by atoms with E-state index in [0.717, 1.165) is 10.5 Å². The van der Waals surface area contributed by atoms with Crippen molar-refractivity contribution >= 4 is 50.9 Å². The lowest BCUT2D eigenvalue weighted by Crippen LogP contribution is -2.31. The Kier molecular flexibility index (Phi) is 7.03. The Balaban J connectivity index is 1.85. The van der Waals surface area contributed by atoms with Gasteiger partial charge in [-0.05, 0) is 24.3 Å². The number of halogens is 2. The Hall–Kier alpha value is -2.78. The molecule has 0 fully saturated rings. The van der Waals surface area contributed by atoms with E-state index in [1.807, 2.05) is 0 Å². The second-order valence-electron chi connectivity index (χ2n) is 5.20. The van der Waals surface area contributed by atoms with Gasteiger partial charge in [-0.15, -0.1) is 0 Å². The van der Waals surface area contributed by atoms with Gasteiger partial charge in [0.15, 0.2) is 12.4 Å². The summed E-state index contributed by atoms with van der Waals surface area (Å²) in [5, 5.41) is 13.0.